The minimum atomic E-state index is -0.0256. The van der Waals surface area contributed by atoms with Crippen LogP contribution in [0.25, 0.3) is 0 Å². The van der Waals surface area contributed by atoms with E-state index in [0.29, 0.717) is 0 Å². The fraction of sp³-hybridized carbons (Fsp3) is 0.267. The number of benzene rings is 1. The van der Waals surface area contributed by atoms with Crippen molar-refractivity contribution in [2.24, 2.45) is 0 Å². The first-order valence-electron chi connectivity index (χ1n) is 6.42. The molecule has 1 N–H and O–H groups in total. The van der Waals surface area contributed by atoms with Crippen LogP contribution in [0.1, 0.15) is 29.8 Å². The Hall–Kier alpha value is -0.910. The number of pyridine rings is 1. The summed E-state index contributed by atoms with van der Waals surface area (Å²) in [7, 11) is 1.98. The quantitative estimate of drug-likeness (QED) is 0.815. The van der Waals surface area contributed by atoms with Crippen LogP contribution >= 0.6 is 31.9 Å². The molecule has 1 aromatic carbocycles. The predicted molar refractivity (Wildman–Crippen MR) is 85.9 cm³/mol. The molecule has 1 aliphatic rings. The van der Waals surface area contributed by atoms with Crippen LogP contribution in [0.2, 0.25) is 0 Å². The van der Waals surface area contributed by atoms with Crippen LogP contribution in [0.5, 0.6) is 5.75 Å². The average Bonchev–Trinajstić information content (AvgIpc) is 2.46. The number of aromatic nitrogens is 1. The molecule has 3 nitrogen and oxygen atoms in total. The number of rotatable bonds is 2. The van der Waals surface area contributed by atoms with Crippen molar-refractivity contribution >= 4 is 31.9 Å². The van der Waals surface area contributed by atoms with Crippen molar-refractivity contribution < 1.29 is 4.74 Å². The Balaban J connectivity index is 1.95. The van der Waals surface area contributed by atoms with Gasteiger partial charge in [0, 0.05) is 33.2 Å². The number of fused-ring (bicyclic) bond motifs is 1. The molecule has 2 unspecified atom stereocenters. The van der Waals surface area contributed by atoms with Gasteiger partial charge in [0.05, 0.1) is 5.69 Å². The highest BCUT2D eigenvalue weighted by molar-refractivity contribution is 9.10. The van der Waals surface area contributed by atoms with Crippen molar-refractivity contribution in [3.63, 3.8) is 0 Å². The third-order valence-corrected chi connectivity index (χ3v) is 4.46. The lowest BCUT2D eigenvalue weighted by Crippen LogP contribution is -2.27. The van der Waals surface area contributed by atoms with E-state index < -0.39 is 0 Å². The molecular weight excluding hydrogens is 384 g/mol. The zero-order valence-electron chi connectivity index (χ0n) is 10.9. The Bertz CT molecular complexity index is 616. The summed E-state index contributed by atoms with van der Waals surface area (Å²) in [6.45, 7) is 0. The topological polar surface area (TPSA) is 34.2 Å². The molecule has 1 aliphatic heterocycles. The molecule has 2 atom stereocenters. The van der Waals surface area contributed by atoms with Crippen LogP contribution in [0, 0.1) is 0 Å². The number of ether oxygens (including phenoxy) is 1. The largest absolute Gasteiger partial charge is 0.484 e. The van der Waals surface area contributed by atoms with Gasteiger partial charge in [-0.25, -0.2) is 0 Å². The van der Waals surface area contributed by atoms with Gasteiger partial charge in [-0.1, -0.05) is 22.0 Å². The second-order valence-corrected chi connectivity index (χ2v) is 6.60. The van der Waals surface area contributed by atoms with E-state index >= 15 is 0 Å². The van der Waals surface area contributed by atoms with Crippen LogP contribution in [0.3, 0.4) is 0 Å². The first kappa shape index (κ1) is 14.0. The smallest absolute Gasteiger partial charge is 0.142 e. The highest BCUT2D eigenvalue weighted by atomic mass is 79.9. The maximum Gasteiger partial charge on any atom is 0.142 e. The summed E-state index contributed by atoms with van der Waals surface area (Å²) in [5, 5.41) is 3.36. The van der Waals surface area contributed by atoms with Crippen molar-refractivity contribution in [1.82, 2.24) is 10.3 Å². The Labute approximate surface area is 135 Å². The number of hydrogen-bond acceptors (Lipinski definition) is 3. The first-order valence-corrected chi connectivity index (χ1v) is 8.01. The molecule has 0 fully saturated rings. The van der Waals surface area contributed by atoms with Gasteiger partial charge in [-0.15, -0.1) is 0 Å². The molecule has 0 saturated heterocycles. The van der Waals surface area contributed by atoms with Crippen molar-refractivity contribution in [3.8, 4) is 5.75 Å². The molecule has 20 heavy (non-hydrogen) atoms. The molecule has 0 saturated carbocycles. The lowest BCUT2D eigenvalue weighted by Gasteiger charge is -2.32. The average molecular weight is 398 g/mol. The molecule has 2 aromatic rings. The van der Waals surface area contributed by atoms with Crippen molar-refractivity contribution in [3.05, 3.63) is 56.7 Å². The van der Waals surface area contributed by atoms with Crippen LogP contribution in [-0.4, -0.2) is 12.0 Å². The third-order valence-electron chi connectivity index (χ3n) is 3.50. The summed E-state index contributed by atoms with van der Waals surface area (Å²) in [5.74, 6) is 0.916. The van der Waals surface area contributed by atoms with E-state index in [1.165, 1.54) is 5.56 Å². The highest BCUT2D eigenvalue weighted by Crippen LogP contribution is 2.41. The van der Waals surface area contributed by atoms with E-state index in [2.05, 4.69) is 48.2 Å². The van der Waals surface area contributed by atoms with Crippen molar-refractivity contribution in [2.75, 3.05) is 7.05 Å². The van der Waals surface area contributed by atoms with Crippen LogP contribution in [0.15, 0.2) is 45.5 Å². The second-order valence-electron chi connectivity index (χ2n) is 4.77. The lowest BCUT2D eigenvalue weighted by molar-refractivity contribution is 0.149. The van der Waals surface area contributed by atoms with Gasteiger partial charge in [0.2, 0.25) is 0 Å². The highest BCUT2D eigenvalue weighted by Gasteiger charge is 2.29. The second kappa shape index (κ2) is 5.84. The fourth-order valence-corrected chi connectivity index (χ4v) is 3.05. The molecule has 0 bridgehead atoms. The van der Waals surface area contributed by atoms with Gasteiger partial charge in [0.1, 0.15) is 11.9 Å². The predicted octanol–water partition coefficient (Wildman–Crippen LogP) is 4.39. The molecule has 5 heteroatoms. The minimum Gasteiger partial charge on any atom is -0.484 e. The molecule has 0 amide bonds. The van der Waals surface area contributed by atoms with Gasteiger partial charge in [0.25, 0.3) is 0 Å². The molecule has 3 rings (SSSR count). The monoisotopic (exact) mass is 396 g/mol. The Kier molecular flexibility index (Phi) is 4.10. The van der Waals surface area contributed by atoms with E-state index in [4.69, 9.17) is 4.74 Å². The molecule has 104 valence electrons. The van der Waals surface area contributed by atoms with E-state index in [9.17, 15) is 0 Å². The summed E-state index contributed by atoms with van der Waals surface area (Å²) in [4.78, 5) is 4.45. The maximum atomic E-state index is 6.12. The van der Waals surface area contributed by atoms with Crippen LogP contribution in [-0.2, 0) is 0 Å². The van der Waals surface area contributed by atoms with Gasteiger partial charge >= 0.3 is 0 Å². The fourth-order valence-electron chi connectivity index (χ4n) is 2.47. The minimum absolute atomic E-state index is 0.0256. The Morgan fingerprint density at radius 2 is 2.00 bits per heavy atom. The normalized spacial score (nSPS) is 21.1. The zero-order chi connectivity index (χ0) is 14.1. The summed E-state index contributed by atoms with van der Waals surface area (Å²) in [5.41, 5.74) is 2.16. The van der Waals surface area contributed by atoms with Crippen molar-refractivity contribution in [2.45, 2.75) is 18.6 Å². The number of nitrogens with zero attached hydrogens (tertiary/aromatic N) is 1. The molecule has 1 aromatic heterocycles. The third kappa shape index (κ3) is 2.75. The zero-order valence-corrected chi connectivity index (χ0v) is 14.1. The van der Waals surface area contributed by atoms with E-state index in [-0.39, 0.29) is 12.1 Å². The lowest BCUT2D eigenvalue weighted by atomic mass is 9.95. The number of nitrogens with one attached hydrogen (secondary N) is 1. The van der Waals surface area contributed by atoms with Crippen LogP contribution in [0.4, 0.5) is 0 Å². The van der Waals surface area contributed by atoms with E-state index in [1.807, 2.05) is 37.5 Å². The standard InChI is InChI=1S/C15H14Br2N2O/c1-18-13-7-15(12-5-3-10(17)8-19-12)20-14-6-9(16)2-4-11(13)14/h2-6,8,13,15,18H,7H2,1H3. The molecule has 0 aliphatic carbocycles. The van der Waals surface area contributed by atoms with E-state index in [0.717, 1.165) is 26.8 Å². The van der Waals surface area contributed by atoms with Gasteiger partial charge in [-0.05, 0) is 47.2 Å². The summed E-state index contributed by atoms with van der Waals surface area (Å²) in [6.07, 6.45) is 2.66. The summed E-state index contributed by atoms with van der Waals surface area (Å²) >= 11 is 6.90. The number of halogens is 2. The SMILES string of the molecule is CNC1CC(c2ccc(Br)cn2)Oc2cc(Br)ccc21. The molecule has 0 radical (unpaired) electrons. The van der Waals surface area contributed by atoms with Crippen LogP contribution < -0.4 is 10.1 Å². The Morgan fingerprint density at radius 3 is 2.70 bits per heavy atom. The molecule has 0 spiro atoms. The van der Waals surface area contributed by atoms with Gasteiger partial charge in [-0.3, -0.25) is 4.98 Å². The Morgan fingerprint density at radius 1 is 1.20 bits per heavy atom. The summed E-state index contributed by atoms with van der Waals surface area (Å²) < 4.78 is 8.12. The summed E-state index contributed by atoms with van der Waals surface area (Å²) in [6, 6.07) is 10.4. The molecule has 2 heterocycles. The molecular formula is C15H14Br2N2O. The van der Waals surface area contributed by atoms with Gasteiger partial charge < -0.3 is 10.1 Å². The number of hydrogen-bond donors (Lipinski definition) is 1. The van der Waals surface area contributed by atoms with Crippen molar-refractivity contribution in [1.29, 1.82) is 0 Å². The van der Waals surface area contributed by atoms with E-state index in [1.54, 1.807) is 0 Å². The van der Waals surface area contributed by atoms with Gasteiger partial charge in [0.15, 0.2) is 0 Å². The first-order chi connectivity index (χ1) is 9.67. The maximum absolute atomic E-state index is 6.12. The van der Waals surface area contributed by atoms with Gasteiger partial charge in [-0.2, -0.15) is 0 Å².